The fraction of sp³-hybridized carbons (Fsp3) is 0.550. The van der Waals surface area contributed by atoms with Crippen LogP contribution in [0.3, 0.4) is 0 Å². The molecule has 5 heteroatoms. The monoisotopic (exact) mass is 342 g/mol. The maximum atomic E-state index is 9.48. The number of benzene rings is 1. The average Bonchev–Trinajstić information content (AvgIpc) is 3.07. The molecule has 3 rings (SSSR count). The molecule has 1 N–H and O–H groups in total. The van der Waals surface area contributed by atoms with E-state index < -0.39 is 0 Å². The largest absolute Gasteiger partial charge is 0.396 e. The molecule has 1 atom stereocenters. The number of aromatic nitrogens is 2. The second-order valence-electron chi connectivity index (χ2n) is 7.28. The van der Waals surface area contributed by atoms with E-state index in [-0.39, 0.29) is 6.61 Å². The third-order valence-corrected chi connectivity index (χ3v) is 4.97. The van der Waals surface area contributed by atoms with Crippen LogP contribution in [-0.4, -0.2) is 57.0 Å². The lowest BCUT2D eigenvalue weighted by Crippen LogP contribution is -2.52. The molecule has 1 aliphatic rings. The van der Waals surface area contributed by atoms with Crippen LogP contribution in [-0.2, 0) is 13.1 Å². The van der Waals surface area contributed by atoms with Crippen molar-refractivity contribution in [3.63, 3.8) is 0 Å². The average molecular weight is 342 g/mol. The van der Waals surface area contributed by atoms with E-state index in [2.05, 4.69) is 65.3 Å². The third-order valence-electron chi connectivity index (χ3n) is 4.97. The molecular weight excluding hydrogens is 312 g/mol. The summed E-state index contributed by atoms with van der Waals surface area (Å²) in [6.07, 6.45) is 4.97. The molecule has 136 valence electrons. The Labute approximate surface area is 150 Å². The van der Waals surface area contributed by atoms with Crippen molar-refractivity contribution in [1.82, 2.24) is 19.6 Å². The summed E-state index contributed by atoms with van der Waals surface area (Å²) in [6.45, 7) is 9.54. The molecule has 0 saturated carbocycles. The molecule has 1 aromatic carbocycles. The van der Waals surface area contributed by atoms with E-state index in [4.69, 9.17) is 0 Å². The number of aliphatic hydroxyl groups is 1. The number of hydrogen-bond acceptors (Lipinski definition) is 4. The van der Waals surface area contributed by atoms with Crippen molar-refractivity contribution < 1.29 is 5.11 Å². The summed E-state index contributed by atoms with van der Waals surface area (Å²) in [4.78, 5) is 5.00. The van der Waals surface area contributed by atoms with Crippen molar-refractivity contribution in [3.05, 3.63) is 53.9 Å². The molecule has 25 heavy (non-hydrogen) atoms. The molecule has 2 aromatic rings. The molecule has 1 unspecified atom stereocenters. The summed E-state index contributed by atoms with van der Waals surface area (Å²) in [5.74, 6) is 0. The van der Waals surface area contributed by atoms with Crippen LogP contribution in [0.1, 0.15) is 37.4 Å². The van der Waals surface area contributed by atoms with Gasteiger partial charge in [0.25, 0.3) is 0 Å². The van der Waals surface area contributed by atoms with Gasteiger partial charge in [-0.2, -0.15) is 5.10 Å². The van der Waals surface area contributed by atoms with Gasteiger partial charge >= 0.3 is 0 Å². The summed E-state index contributed by atoms with van der Waals surface area (Å²) in [5.41, 5.74) is 2.62. The van der Waals surface area contributed by atoms with Crippen LogP contribution in [0.15, 0.2) is 42.7 Å². The Bertz CT molecular complexity index is 640. The fourth-order valence-electron chi connectivity index (χ4n) is 3.55. The van der Waals surface area contributed by atoms with Gasteiger partial charge in [0.1, 0.15) is 0 Å². The summed E-state index contributed by atoms with van der Waals surface area (Å²) in [5, 5.41) is 13.9. The van der Waals surface area contributed by atoms with E-state index in [0.29, 0.717) is 12.1 Å². The third kappa shape index (κ3) is 4.91. The molecule has 0 aliphatic carbocycles. The first-order valence-electron chi connectivity index (χ1n) is 9.30. The standard InChI is InChI=1S/C20H30N4O/c1-17(2)24-15-19(12-21-24)13-22-9-10-23(20(16-22)8-11-25)14-18-6-4-3-5-7-18/h3-7,12,15,17,20,25H,8-11,13-14,16H2,1-2H3. The van der Waals surface area contributed by atoms with Crippen molar-refractivity contribution in [3.8, 4) is 0 Å². The SMILES string of the molecule is CC(C)n1cc(CN2CCN(Cc3ccccc3)C(CCO)C2)cn1. The molecule has 1 fully saturated rings. The van der Waals surface area contributed by atoms with Gasteiger partial charge in [0.2, 0.25) is 0 Å². The smallest absolute Gasteiger partial charge is 0.0534 e. The first-order chi connectivity index (χ1) is 12.2. The highest BCUT2D eigenvalue weighted by Gasteiger charge is 2.26. The van der Waals surface area contributed by atoms with Gasteiger partial charge in [-0.15, -0.1) is 0 Å². The molecule has 0 bridgehead atoms. The van der Waals surface area contributed by atoms with Crippen molar-refractivity contribution in [2.24, 2.45) is 0 Å². The first-order valence-corrected chi connectivity index (χ1v) is 9.30. The van der Waals surface area contributed by atoms with E-state index in [1.54, 1.807) is 0 Å². The maximum Gasteiger partial charge on any atom is 0.0534 e. The number of hydrogen-bond donors (Lipinski definition) is 1. The highest BCUT2D eigenvalue weighted by molar-refractivity contribution is 5.15. The predicted molar refractivity (Wildman–Crippen MR) is 100 cm³/mol. The van der Waals surface area contributed by atoms with Crippen LogP contribution in [0.2, 0.25) is 0 Å². The zero-order valence-corrected chi connectivity index (χ0v) is 15.4. The second-order valence-corrected chi connectivity index (χ2v) is 7.28. The summed E-state index contributed by atoms with van der Waals surface area (Å²) >= 11 is 0. The zero-order valence-electron chi connectivity index (χ0n) is 15.4. The normalized spacial score (nSPS) is 19.6. The van der Waals surface area contributed by atoms with Crippen LogP contribution in [0.4, 0.5) is 0 Å². The van der Waals surface area contributed by atoms with E-state index in [1.165, 1.54) is 11.1 Å². The lowest BCUT2D eigenvalue weighted by atomic mass is 10.1. The molecule has 0 radical (unpaired) electrons. The van der Waals surface area contributed by atoms with Gasteiger partial charge in [-0.3, -0.25) is 14.5 Å². The molecular formula is C20H30N4O. The van der Waals surface area contributed by atoms with Gasteiger partial charge in [-0.05, 0) is 25.8 Å². The fourth-order valence-corrected chi connectivity index (χ4v) is 3.55. The number of aliphatic hydroxyl groups excluding tert-OH is 1. The van der Waals surface area contributed by atoms with Crippen molar-refractivity contribution in [2.45, 2.75) is 45.4 Å². The Hall–Kier alpha value is -1.69. The Morgan fingerprint density at radius 2 is 1.92 bits per heavy atom. The zero-order chi connectivity index (χ0) is 17.6. The molecule has 2 heterocycles. The van der Waals surface area contributed by atoms with E-state index in [9.17, 15) is 5.11 Å². The minimum Gasteiger partial charge on any atom is -0.396 e. The first kappa shape index (κ1) is 18.1. The van der Waals surface area contributed by atoms with Crippen LogP contribution < -0.4 is 0 Å². The Kier molecular flexibility index (Phi) is 6.24. The van der Waals surface area contributed by atoms with Gasteiger partial charge in [0, 0.05) is 63.2 Å². The molecule has 1 aromatic heterocycles. The van der Waals surface area contributed by atoms with Gasteiger partial charge < -0.3 is 5.11 Å². The topological polar surface area (TPSA) is 44.5 Å². The van der Waals surface area contributed by atoms with E-state index in [1.807, 2.05) is 10.9 Å². The highest BCUT2D eigenvalue weighted by Crippen LogP contribution is 2.18. The summed E-state index contributed by atoms with van der Waals surface area (Å²) in [7, 11) is 0. The van der Waals surface area contributed by atoms with Crippen molar-refractivity contribution >= 4 is 0 Å². The Morgan fingerprint density at radius 1 is 1.12 bits per heavy atom. The van der Waals surface area contributed by atoms with Gasteiger partial charge in [0.15, 0.2) is 0 Å². The number of rotatable bonds is 7. The maximum absolute atomic E-state index is 9.48. The van der Waals surface area contributed by atoms with E-state index >= 15 is 0 Å². The van der Waals surface area contributed by atoms with Crippen LogP contribution >= 0.6 is 0 Å². The molecule has 0 amide bonds. The molecule has 0 spiro atoms. The lowest BCUT2D eigenvalue weighted by Gasteiger charge is -2.41. The Morgan fingerprint density at radius 3 is 2.60 bits per heavy atom. The number of piperazine rings is 1. The molecule has 5 nitrogen and oxygen atoms in total. The van der Waals surface area contributed by atoms with Crippen molar-refractivity contribution in [1.29, 1.82) is 0 Å². The molecule has 1 saturated heterocycles. The van der Waals surface area contributed by atoms with Crippen LogP contribution in [0.5, 0.6) is 0 Å². The lowest BCUT2D eigenvalue weighted by molar-refractivity contribution is 0.0499. The van der Waals surface area contributed by atoms with E-state index in [0.717, 1.165) is 39.1 Å². The van der Waals surface area contributed by atoms with Crippen LogP contribution in [0, 0.1) is 0 Å². The van der Waals surface area contributed by atoms with Gasteiger partial charge in [0.05, 0.1) is 6.20 Å². The highest BCUT2D eigenvalue weighted by atomic mass is 16.3. The second kappa shape index (κ2) is 8.61. The van der Waals surface area contributed by atoms with Gasteiger partial charge in [-0.25, -0.2) is 0 Å². The summed E-state index contributed by atoms with van der Waals surface area (Å²) < 4.78 is 2.02. The van der Waals surface area contributed by atoms with Crippen LogP contribution in [0.25, 0.3) is 0 Å². The summed E-state index contributed by atoms with van der Waals surface area (Å²) in [6, 6.07) is 11.4. The number of nitrogens with zero attached hydrogens (tertiary/aromatic N) is 4. The predicted octanol–water partition coefficient (Wildman–Crippen LogP) is 2.53. The van der Waals surface area contributed by atoms with Gasteiger partial charge in [-0.1, -0.05) is 30.3 Å². The quantitative estimate of drug-likeness (QED) is 0.840. The van der Waals surface area contributed by atoms with Crippen molar-refractivity contribution in [2.75, 3.05) is 26.2 Å². The minimum absolute atomic E-state index is 0.245. The minimum atomic E-state index is 0.245. The molecule has 1 aliphatic heterocycles. The Balaban J connectivity index is 1.60.